The second-order valence-electron chi connectivity index (χ2n) is 4.58. The summed E-state index contributed by atoms with van der Waals surface area (Å²) in [4.78, 5) is 4.40. The number of thiazole rings is 1. The highest BCUT2D eigenvalue weighted by molar-refractivity contribution is 7.09. The van der Waals surface area contributed by atoms with Gasteiger partial charge in [0, 0.05) is 11.6 Å². The largest absolute Gasteiger partial charge is 0.307 e. The Morgan fingerprint density at radius 2 is 1.65 bits per heavy atom. The maximum atomic E-state index is 4.40. The maximum absolute atomic E-state index is 4.40. The number of hydrogen-bond acceptors (Lipinski definition) is 3. The molecule has 3 rings (SSSR count). The highest BCUT2D eigenvalue weighted by Crippen LogP contribution is 2.26. The number of nitrogens with one attached hydrogen (secondary N) is 1. The van der Waals surface area contributed by atoms with E-state index in [4.69, 9.17) is 0 Å². The molecule has 0 saturated carbocycles. The monoisotopic (exact) mass is 280 g/mol. The van der Waals surface area contributed by atoms with E-state index in [2.05, 4.69) is 58.8 Å². The van der Waals surface area contributed by atoms with Gasteiger partial charge in [0.25, 0.3) is 0 Å². The van der Waals surface area contributed by atoms with E-state index in [1.807, 2.05) is 24.7 Å². The second kappa shape index (κ2) is 5.99. The van der Waals surface area contributed by atoms with Crippen molar-refractivity contribution in [3.8, 4) is 11.1 Å². The molecular formula is C17H16N2S. The van der Waals surface area contributed by atoms with Crippen LogP contribution in [0, 0.1) is 0 Å². The molecule has 3 heteroatoms. The van der Waals surface area contributed by atoms with E-state index in [1.165, 1.54) is 16.7 Å². The number of aromatic nitrogens is 1. The summed E-state index contributed by atoms with van der Waals surface area (Å²) in [5, 5.41) is 6.44. The zero-order valence-electron chi connectivity index (χ0n) is 11.3. The van der Waals surface area contributed by atoms with Gasteiger partial charge in [0.1, 0.15) is 5.01 Å². The highest BCUT2D eigenvalue weighted by atomic mass is 32.1. The lowest BCUT2D eigenvalue weighted by Crippen LogP contribution is -2.17. The first-order valence-corrected chi connectivity index (χ1v) is 7.48. The molecular weight excluding hydrogens is 264 g/mol. The van der Waals surface area contributed by atoms with Crippen molar-refractivity contribution in [2.45, 2.75) is 6.04 Å². The minimum Gasteiger partial charge on any atom is -0.307 e. The van der Waals surface area contributed by atoms with E-state index in [-0.39, 0.29) is 6.04 Å². The molecule has 2 nitrogen and oxygen atoms in total. The van der Waals surface area contributed by atoms with Crippen molar-refractivity contribution in [2.75, 3.05) is 7.05 Å². The molecule has 0 spiro atoms. The Balaban J connectivity index is 1.89. The topological polar surface area (TPSA) is 24.9 Å². The first-order chi connectivity index (χ1) is 9.88. The van der Waals surface area contributed by atoms with Gasteiger partial charge in [-0.05, 0) is 23.7 Å². The summed E-state index contributed by atoms with van der Waals surface area (Å²) in [5.41, 5.74) is 3.72. The molecule has 0 bridgehead atoms. The van der Waals surface area contributed by atoms with Crippen LogP contribution in [0.15, 0.2) is 66.2 Å². The van der Waals surface area contributed by atoms with Crippen LogP contribution in [0.5, 0.6) is 0 Å². The molecule has 2 aromatic carbocycles. The van der Waals surface area contributed by atoms with E-state index < -0.39 is 0 Å². The minimum absolute atomic E-state index is 0.167. The average molecular weight is 280 g/mol. The van der Waals surface area contributed by atoms with Crippen LogP contribution in [0.4, 0.5) is 0 Å². The number of nitrogens with zero attached hydrogens (tertiary/aromatic N) is 1. The Bertz CT molecular complexity index is 645. The van der Waals surface area contributed by atoms with Crippen LogP contribution in [0.3, 0.4) is 0 Å². The predicted octanol–water partition coefficient (Wildman–Crippen LogP) is 4.12. The van der Waals surface area contributed by atoms with Gasteiger partial charge in [-0.2, -0.15) is 0 Å². The van der Waals surface area contributed by atoms with E-state index in [0.717, 1.165) is 5.01 Å². The lowest BCUT2D eigenvalue weighted by molar-refractivity contribution is 0.686. The Morgan fingerprint density at radius 1 is 0.950 bits per heavy atom. The molecule has 1 N–H and O–H groups in total. The molecule has 0 fully saturated rings. The van der Waals surface area contributed by atoms with Crippen LogP contribution in [0.25, 0.3) is 11.1 Å². The molecule has 0 radical (unpaired) electrons. The van der Waals surface area contributed by atoms with Gasteiger partial charge >= 0.3 is 0 Å². The van der Waals surface area contributed by atoms with Crippen LogP contribution in [-0.2, 0) is 0 Å². The quantitative estimate of drug-likeness (QED) is 0.777. The van der Waals surface area contributed by atoms with E-state index in [1.54, 1.807) is 11.3 Å². The van der Waals surface area contributed by atoms with Crippen molar-refractivity contribution in [3.05, 3.63) is 76.7 Å². The molecule has 0 saturated heterocycles. The summed E-state index contributed by atoms with van der Waals surface area (Å²) in [6.45, 7) is 0. The van der Waals surface area contributed by atoms with Crippen LogP contribution in [-0.4, -0.2) is 12.0 Å². The van der Waals surface area contributed by atoms with Crippen molar-refractivity contribution in [1.82, 2.24) is 10.3 Å². The fourth-order valence-electron chi connectivity index (χ4n) is 2.31. The fraction of sp³-hybridized carbons (Fsp3) is 0.118. The normalized spacial score (nSPS) is 12.2. The molecule has 0 aliphatic carbocycles. The molecule has 0 aliphatic heterocycles. The SMILES string of the molecule is CNC(c1ccc(-c2ccccc2)cc1)c1nccs1. The van der Waals surface area contributed by atoms with Crippen LogP contribution in [0.2, 0.25) is 0 Å². The smallest absolute Gasteiger partial charge is 0.114 e. The molecule has 1 atom stereocenters. The van der Waals surface area contributed by atoms with E-state index >= 15 is 0 Å². The lowest BCUT2D eigenvalue weighted by atomic mass is 10.0. The number of benzene rings is 2. The van der Waals surface area contributed by atoms with Crippen molar-refractivity contribution in [1.29, 1.82) is 0 Å². The molecule has 0 aliphatic rings. The standard InChI is InChI=1S/C17H16N2S/c1-18-16(17-19-11-12-20-17)15-9-7-14(8-10-15)13-5-3-2-4-6-13/h2-12,16,18H,1H3. The summed E-state index contributed by atoms with van der Waals surface area (Å²) in [6.07, 6.45) is 1.85. The van der Waals surface area contributed by atoms with Crippen LogP contribution in [0.1, 0.15) is 16.6 Å². The zero-order valence-corrected chi connectivity index (χ0v) is 12.1. The van der Waals surface area contributed by atoms with E-state index in [9.17, 15) is 0 Å². The molecule has 100 valence electrons. The Hall–Kier alpha value is -1.97. The van der Waals surface area contributed by atoms with Gasteiger partial charge in [0.05, 0.1) is 6.04 Å². The molecule has 3 aromatic rings. The van der Waals surface area contributed by atoms with Crippen LogP contribution >= 0.6 is 11.3 Å². The summed E-state index contributed by atoms with van der Waals surface area (Å²) < 4.78 is 0. The third-order valence-corrected chi connectivity index (χ3v) is 4.18. The van der Waals surface area contributed by atoms with Gasteiger partial charge in [0.15, 0.2) is 0 Å². The fourth-order valence-corrected chi connectivity index (χ4v) is 3.08. The molecule has 1 heterocycles. The predicted molar refractivity (Wildman–Crippen MR) is 84.9 cm³/mol. The first-order valence-electron chi connectivity index (χ1n) is 6.60. The van der Waals surface area contributed by atoms with Crippen molar-refractivity contribution < 1.29 is 0 Å². The number of rotatable bonds is 4. The van der Waals surface area contributed by atoms with Gasteiger partial charge < -0.3 is 5.32 Å². The maximum Gasteiger partial charge on any atom is 0.114 e. The Morgan fingerprint density at radius 3 is 2.25 bits per heavy atom. The summed E-state index contributed by atoms with van der Waals surface area (Å²) >= 11 is 1.68. The van der Waals surface area contributed by atoms with Crippen molar-refractivity contribution in [2.24, 2.45) is 0 Å². The van der Waals surface area contributed by atoms with Gasteiger partial charge in [-0.25, -0.2) is 4.98 Å². The Kier molecular flexibility index (Phi) is 3.90. The summed E-state index contributed by atoms with van der Waals surface area (Å²) in [6, 6.07) is 19.3. The van der Waals surface area contributed by atoms with Gasteiger partial charge in [-0.3, -0.25) is 0 Å². The molecule has 0 amide bonds. The minimum atomic E-state index is 0.167. The third kappa shape index (κ3) is 2.64. The molecule has 20 heavy (non-hydrogen) atoms. The van der Waals surface area contributed by atoms with Gasteiger partial charge in [-0.1, -0.05) is 54.6 Å². The third-order valence-electron chi connectivity index (χ3n) is 3.34. The van der Waals surface area contributed by atoms with Crippen LogP contribution < -0.4 is 5.32 Å². The lowest BCUT2D eigenvalue weighted by Gasteiger charge is -2.14. The average Bonchev–Trinajstić information content (AvgIpc) is 3.04. The summed E-state index contributed by atoms with van der Waals surface area (Å²) in [5.74, 6) is 0. The van der Waals surface area contributed by atoms with Gasteiger partial charge in [0.2, 0.25) is 0 Å². The van der Waals surface area contributed by atoms with Crippen molar-refractivity contribution in [3.63, 3.8) is 0 Å². The first kappa shape index (κ1) is 13.0. The number of hydrogen-bond donors (Lipinski definition) is 1. The van der Waals surface area contributed by atoms with Crippen molar-refractivity contribution >= 4 is 11.3 Å². The zero-order chi connectivity index (χ0) is 13.8. The molecule has 1 aromatic heterocycles. The second-order valence-corrected chi connectivity index (χ2v) is 5.51. The van der Waals surface area contributed by atoms with E-state index in [0.29, 0.717) is 0 Å². The molecule has 1 unspecified atom stereocenters. The van der Waals surface area contributed by atoms with Gasteiger partial charge in [-0.15, -0.1) is 11.3 Å². The Labute approximate surface area is 123 Å². The highest BCUT2D eigenvalue weighted by Gasteiger charge is 2.14. The summed E-state index contributed by atoms with van der Waals surface area (Å²) in [7, 11) is 1.97.